The molecule has 136 valence electrons. The predicted octanol–water partition coefficient (Wildman–Crippen LogP) is 4.77. The highest BCUT2D eigenvalue weighted by atomic mass is 32.1. The predicted molar refractivity (Wildman–Crippen MR) is 112 cm³/mol. The van der Waals surface area contributed by atoms with E-state index in [9.17, 15) is 10.1 Å². The van der Waals surface area contributed by atoms with Crippen molar-refractivity contribution in [3.8, 4) is 17.2 Å². The van der Waals surface area contributed by atoms with E-state index in [1.807, 2.05) is 49.5 Å². The fraction of sp³-hybridized carbons (Fsp3) is 0.130. The SMILES string of the molecule is CN1c2ccccc2C2C1C=C(C#N)C(=O)N2c1ccc(-c2ccsc2)cc1. The van der Waals surface area contributed by atoms with E-state index in [2.05, 4.69) is 39.9 Å². The Labute approximate surface area is 167 Å². The maximum Gasteiger partial charge on any atom is 0.269 e. The van der Waals surface area contributed by atoms with Crippen LogP contribution < -0.4 is 9.80 Å². The minimum absolute atomic E-state index is 0.0544. The third-order valence-electron chi connectivity index (χ3n) is 5.59. The molecule has 28 heavy (non-hydrogen) atoms. The highest BCUT2D eigenvalue weighted by molar-refractivity contribution is 7.08. The molecule has 3 heterocycles. The lowest BCUT2D eigenvalue weighted by atomic mass is 9.93. The molecule has 2 unspecified atom stereocenters. The van der Waals surface area contributed by atoms with Gasteiger partial charge in [0.05, 0.1) is 12.1 Å². The normalized spacial score (nSPS) is 20.4. The van der Waals surface area contributed by atoms with Gasteiger partial charge in [0.25, 0.3) is 5.91 Å². The number of anilines is 2. The molecule has 0 bridgehead atoms. The molecule has 0 radical (unpaired) electrons. The van der Waals surface area contributed by atoms with Crippen LogP contribution in [0.2, 0.25) is 0 Å². The lowest BCUT2D eigenvalue weighted by Crippen LogP contribution is -2.46. The number of fused-ring (bicyclic) bond motifs is 3. The Morgan fingerprint density at radius 1 is 1.04 bits per heavy atom. The first-order valence-electron chi connectivity index (χ1n) is 9.09. The summed E-state index contributed by atoms with van der Waals surface area (Å²) in [6.07, 6.45) is 1.81. The van der Waals surface area contributed by atoms with Crippen LogP contribution in [-0.2, 0) is 4.79 Å². The van der Waals surface area contributed by atoms with E-state index < -0.39 is 0 Å². The van der Waals surface area contributed by atoms with Gasteiger partial charge >= 0.3 is 0 Å². The van der Waals surface area contributed by atoms with Crippen molar-refractivity contribution < 1.29 is 4.79 Å². The summed E-state index contributed by atoms with van der Waals surface area (Å²) in [6, 6.07) is 20.1. The molecule has 5 heteroatoms. The molecular weight excluding hydrogens is 366 g/mol. The number of rotatable bonds is 2. The maximum absolute atomic E-state index is 13.1. The Bertz CT molecular complexity index is 1130. The van der Waals surface area contributed by atoms with Crippen LogP contribution in [0.5, 0.6) is 0 Å². The van der Waals surface area contributed by atoms with E-state index in [4.69, 9.17) is 0 Å². The highest BCUT2D eigenvalue weighted by Crippen LogP contribution is 2.47. The molecule has 1 amide bonds. The summed E-state index contributed by atoms with van der Waals surface area (Å²) in [4.78, 5) is 17.1. The third-order valence-corrected chi connectivity index (χ3v) is 6.27. The van der Waals surface area contributed by atoms with Crippen LogP contribution in [0.4, 0.5) is 11.4 Å². The lowest BCUT2D eigenvalue weighted by Gasteiger charge is -2.37. The smallest absolute Gasteiger partial charge is 0.269 e. The van der Waals surface area contributed by atoms with Gasteiger partial charge < -0.3 is 4.90 Å². The second kappa shape index (κ2) is 6.36. The fourth-order valence-corrected chi connectivity index (χ4v) is 4.88. The standard InChI is InChI=1S/C23H17N3OS/c1-25-20-5-3-2-4-19(20)22-21(25)12-17(13-24)23(27)26(22)18-8-6-15(7-9-18)16-10-11-28-14-16/h2-12,14,21-22H,1H3. The molecule has 1 aromatic heterocycles. The molecule has 2 atom stereocenters. The van der Waals surface area contributed by atoms with Crippen LogP contribution in [0.15, 0.2) is 77.0 Å². The average Bonchev–Trinajstić information content (AvgIpc) is 3.36. The minimum Gasteiger partial charge on any atom is -0.365 e. The van der Waals surface area contributed by atoms with Crippen molar-refractivity contribution in [2.75, 3.05) is 16.8 Å². The van der Waals surface area contributed by atoms with Gasteiger partial charge in [-0.05, 0) is 52.2 Å². The second-order valence-electron chi connectivity index (χ2n) is 7.03. The van der Waals surface area contributed by atoms with Gasteiger partial charge in [0, 0.05) is 24.0 Å². The number of nitrogens with zero attached hydrogens (tertiary/aromatic N) is 3. The van der Waals surface area contributed by atoms with Gasteiger partial charge in [-0.15, -0.1) is 0 Å². The molecule has 3 aromatic rings. The Morgan fingerprint density at radius 3 is 2.54 bits per heavy atom. The highest BCUT2D eigenvalue weighted by Gasteiger charge is 2.45. The Kier molecular flexibility index (Phi) is 3.81. The fourth-order valence-electron chi connectivity index (χ4n) is 4.21. The molecule has 5 rings (SSSR count). The van der Waals surface area contributed by atoms with Gasteiger partial charge in [-0.3, -0.25) is 9.69 Å². The zero-order valence-corrected chi connectivity index (χ0v) is 16.1. The summed E-state index contributed by atoms with van der Waals surface area (Å²) in [6.45, 7) is 0. The lowest BCUT2D eigenvalue weighted by molar-refractivity contribution is -0.115. The Morgan fingerprint density at radius 2 is 1.82 bits per heavy atom. The van der Waals surface area contributed by atoms with Crippen LogP contribution in [0, 0.1) is 11.3 Å². The number of carbonyl (C=O) groups is 1. The van der Waals surface area contributed by atoms with E-state index in [0.29, 0.717) is 0 Å². The summed E-state index contributed by atoms with van der Waals surface area (Å²) in [7, 11) is 2.02. The first-order chi connectivity index (χ1) is 13.7. The van der Waals surface area contributed by atoms with E-state index in [1.54, 1.807) is 16.2 Å². The van der Waals surface area contributed by atoms with Crippen LogP contribution in [0.25, 0.3) is 11.1 Å². The van der Waals surface area contributed by atoms with Crippen molar-refractivity contribution in [1.29, 1.82) is 5.26 Å². The van der Waals surface area contributed by atoms with Crippen molar-refractivity contribution in [3.63, 3.8) is 0 Å². The molecular formula is C23H17N3OS. The molecule has 0 saturated carbocycles. The summed E-state index contributed by atoms with van der Waals surface area (Å²) >= 11 is 1.66. The largest absolute Gasteiger partial charge is 0.365 e. The minimum atomic E-state index is -0.239. The van der Waals surface area contributed by atoms with Gasteiger partial charge in [0.15, 0.2) is 0 Å². The van der Waals surface area contributed by atoms with Gasteiger partial charge in [-0.1, -0.05) is 30.3 Å². The van der Waals surface area contributed by atoms with Crippen LogP contribution in [0.1, 0.15) is 11.6 Å². The number of carbonyl (C=O) groups excluding carboxylic acids is 1. The molecule has 0 spiro atoms. The van der Waals surface area contributed by atoms with E-state index in [0.717, 1.165) is 22.5 Å². The van der Waals surface area contributed by atoms with Gasteiger partial charge in [-0.25, -0.2) is 0 Å². The van der Waals surface area contributed by atoms with Gasteiger partial charge in [0.1, 0.15) is 11.6 Å². The summed E-state index contributed by atoms with van der Waals surface area (Å²) in [5.74, 6) is -0.239. The van der Waals surface area contributed by atoms with Crippen molar-refractivity contribution in [3.05, 3.63) is 82.6 Å². The molecule has 0 fully saturated rings. The monoisotopic (exact) mass is 383 g/mol. The molecule has 2 aromatic carbocycles. The molecule has 2 aliphatic rings. The summed E-state index contributed by atoms with van der Waals surface area (Å²) in [5, 5.41) is 13.7. The van der Waals surface area contributed by atoms with Crippen molar-refractivity contribution >= 4 is 28.6 Å². The van der Waals surface area contributed by atoms with Gasteiger partial charge in [0.2, 0.25) is 0 Å². The van der Waals surface area contributed by atoms with E-state index in [1.165, 1.54) is 5.56 Å². The number of hydrogen-bond donors (Lipinski definition) is 0. The first-order valence-corrected chi connectivity index (χ1v) is 10.0. The molecule has 2 aliphatic heterocycles. The maximum atomic E-state index is 13.1. The van der Waals surface area contributed by atoms with Crippen LogP contribution >= 0.6 is 11.3 Å². The Hall–Kier alpha value is -3.36. The number of likely N-dealkylation sites (N-methyl/N-ethyl adjacent to an activating group) is 1. The zero-order valence-electron chi connectivity index (χ0n) is 15.2. The topological polar surface area (TPSA) is 47.3 Å². The van der Waals surface area contributed by atoms with E-state index in [-0.39, 0.29) is 23.6 Å². The number of para-hydroxylation sites is 1. The quantitative estimate of drug-likeness (QED) is 0.640. The zero-order chi connectivity index (χ0) is 19.3. The van der Waals surface area contributed by atoms with Crippen LogP contribution in [0.3, 0.4) is 0 Å². The van der Waals surface area contributed by atoms with Crippen molar-refractivity contribution in [2.45, 2.75) is 12.1 Å². The third kappa shape index (κ3) is 2.39. The molecule has 0 N–H and O–H groups in total. The van der Waals surface area contributed by atoms with Crippen LogP contribution in [-0.4, -0.2) is 19.0 Å². The van der Waals surface area contributed by atoms with Gasteiger partial charge in [-0.2, -0.15) is 16.6 Å². The number of thiophene rings is 1. The summed E-state index contributed by atoms with van der Waals surface area (Å²) < 4.78 is 0. The van der Waals surface area contributed by atoms with E-state index >= 15 is 0 Å². The number of hydrogen-bond acceptors (Lipinski definition) is 4. The second-order valence-corrected chi connectivity index (χ2v) is 7.81. The average molecular weight is 383 g/mol. The Balaban J connectivity index is 1.62. The number of amides is 1. The molecule has 0 saturated heterocycles. The van der Waals surface area contributed by atoms with Crippen molar-refractivity contribution in [1.82, 2.24) is 0 Å². The summed E-state index contributed by atoms with van der Waals surface area (Å²) in [5.41, 5.74) is 5.50. The molecule has 0 aliphatic carbocycles. The first kappa shape index (κ1) is 16.8. The number of benzene rings is 2. The molecule has 4 nitrogen and oxygen atoms in total. The van der Waals surface area contributed by atoms with Crippen molar-refractivity contribution in [2.24, 2.45) is 0 Å². The number of nitriles is 1.